The third-order valence-electron chi connectivity index (χ3n) is 2.60. The van der Waals surface area contributed by atoms with Gasteiger partial charge in [-0.05, 0) is 25.2 Å². The number of rotatable bonds is 1. The molecule has 9 heavy (non-hydrogen) atoms. The summed E-state index contributed by atoms with van der Waals surface area (Å²) < 4.78 is 0. The van der Waals surface area contributed by atoms with Crippen molar-refractivity contribution in [2.24, 2.45) is 11.1 Å². The van der Waals surface area contributed by atoms with Gasteiger partial charge in [-0.15, -0.1) is 12.4 Å². The Morgan fingerprint density at radius 2 is 1.89 bits per heavy atom. The molecule has 0 saturated heterocycles. The second kappa shape index (κ2) is 2.89. The van der Waals surface area contributed by atoms with E-state index >= 15 is 0 Å². The van der Waals surface area contributed by atoms with Crippen molar-refractivity contribution in [1.82, 2.24) is 0 Å². The van der Waals surface area contributed by atoms with Gasteiger partial charge in [-0.1, -0.05) is 13.3 Å². The van der Waals surface area contributed by atoms with Crippen LogP contribution < -0.4 is 5.73 Å². The van der Waals surface area contributed by atoms with E-state index in [-0.39, 0.29) is 12.4 Å². The van der Waals surface area contributed by atoms with Crippen LogP contribution in [0.5, 0.6) is 0 Å². The molecule has 56 valence electrons. The minimum atomic E-state index is 0. The van der Waals surface area contributed by atoms with Crippen molar-refractivity contribution in [3.8, 4) is 0 Å². The monoisotopic (exact) mass is 149 g/mol. The van der Waals surface area contributed by atoms with Crippen LogP contribution in [0.2, 0.25) is 0 Å². The van der Waals surface area contributed by atoms with Gasteiger partial charge in [0.2, 0.25) is 0 Å². The van der Waals surface area contributed by atoms with Gasteiger partial charge in [0.05, 0.1) is 0 Å². The van der Waals surface area contributed by atoms with Gasteiger partial charge < -0.3 is 5.73 Å². The van der Waals surface area contributed by atoms with E-state index < -0.39 is 0 Å². The predicted molar refractivity (Wildman–Crippen MR) is 42.9 cm³/mol. The maximum absolute atomic E-state index is 5.73. The van der Waals surface area contributed by atoms with Crippen LogP contribution in [0.1, 0.15) is 33.1 Å². The van der Waals surface area contributed by atoms with Gasteiger partial charge in [-0.3, -0.25) is 0 Å². The summed E-state index contributed by atoms with van der Waals surface area (Å²) in [5, 5.41) is 0. The molecule has 1 fully saturated rings. The van der Waals surface area contributed by atoms with Crippen molar-refractivity contribution >= 4 is 12.4 Å². The molecule has 0 amide bonds. The highest BCUT2D eigenvalue weighted by Gasteiger charge is 2.34. The summed E-state index contributed by atoms with van der Waals surface area (Å²) in [4.78, 5) is 0. The molecule has 0 aromatic rings. The molecular formula is C7H16ClN. The van der Waals surface area contributed by atoms with E-state index in [0.29, 0.717) is 11.5 Å². The van der Waals surface area contributed by atoms with Crippen LogP contribution in [-0.2, 0) is 0 Å². The second-order valence-corrected chi connectivity index (χ2v) is 3.30. The molecule has 1 aliphatic carbocycles. The summed E-state index contributed by atoms with van der Waals surface area (Å²) in [6, 6.07) is 0.399. The number of nitrogens with two attached hydrogens (primary N) is 1. The van der Waals surface area contributed by atoms with Crippen molar-refractivity contribution in [3.05, 3.63) is 0 Å². The molecule has 2 N–H and O–H groups in total. The fourth-order valence-corrected chi connectivity index (χ4v) is 1.19. The van der Waals surface area contributed by atoms with Crippen LogP contribution in [0.15, 0.2) is 0 Å². The summed E-state index contributed by atoms with van der Waals surface area (Å²) in [5.74, 6) is 0. The number of halogens is 1. The SMILES string of the molecule is C[C@H](N)C1(C)CCC1.Cl. The van der Waals surface area contributed by atoms with Crippen molar-refractivity contribution in [2.75, 3.05) is 0 Å². The lowest BCUT2D eigenvalue weighted by atomic mass is 9.66. The van der Waals surface area contributed by atoms with Crippen molar-refractivity contribution < 1.29 is 0 Å². The van der Waals surface area contributed by atoms with Crippen LogP contribution in [0, 0.1) is 5.41 Å². The Balaban J connectivity index is 0.000000640. The zero-order valence-electron chi connectivity index (χ0n) is 6.18. The molecule has 2 heteroatoms. The standard InChI is InChI=1S/C7H15N.ClH/c1-6(8)7(2)4-3-5-7;/h6H,3-5,8H2,1-2H3;1H/t6-;/m0./s1. The molecule has 0 aromatic heterocycles. The number of hydrogen-bond acceptors (Lipinski definition) is 1. The molecule has 1 aliphatic rings. The molecule has 0 heterocycles. The van der Waals surface area contributed by atoms with Gasteiger partial charge in [0.1, 0.15) is 0 Å². The quantitative estimate of drug-likeness (QED) is 0.606. The van der Waals surface area contributed by atoms with E-state index in [1.165, 1.54) is 19.3 Å². The van der Waals surface area contributed by atoms with E-state index in [0.717, 1.165) is 0 Å². The molecule has 0 aromatic carbocycles. The van der Waals surface area contributed by atoms with Gasteiger partial charge >= 0.3 is 0 Å². The Hall–Kier alpha value is 0.250. The average molecular weight is 150 g/mol. The first kappa shape index (κ1) is 9.25. The fraction of sp³-hybridized carbons (Fsp3) is 1.00. The molecule has 1 atom stereocenters. The highest BCUT2D eigenvalue weighted by Crippen LogP contribution is 2.42. The van der Waals surface area contributed by atoms with Crippen LogP contribution in [0.4, 0.5) is 0 Å². The maximum atomic E-state index is 5.73. The second-order valence-electron chi connectivity index (χ2n) is 3.30. The lowest BCUT2D eigenvalue weighted by Gasteiger charge is -2.41. The summed E-state index contributed by atoms with van der Waals surface area (Å²) >= 11 is 0. The predicted octanol–water partition coefficient (Wildman–Crippen LogP) is 1.95. The van der Waals surface area contributed by atoms with Gasteiger partial charge in [0.25, 0.3) is 0 Å². The van der Waals surface area contributed by atoms with E-state index in [1.54, 1.807) is 0 Å². The Bertz CT molecular complexity index is 86.9. The highest BCUT2D eigenvalue weighted by molar-refractivity contribution is 5.85. The molecule has 1 nitrogen and oxygen atoms in total. The first-order valence-corrected chi connectivity index (χ1v) is 3.41. The van der Waals surface area contributed by atoms with Crippen LogP contribution >= 0.6 is 12.4 Å². The zero-order chi connectivity index (χ0) is 6.20. The summed E-state index contributed by atoms with van der Waals surface area (Å²) in [6.07, 6.45) is 4.06. The van der Waals surface area contributed by atoms with E-state index in [9.17, 15) is 0 Å². The van der Waals surface area contributed by atoms with Crippen LogP contribution in [-0.4, -0.2) is 6.04 Å². The third-order valence-corrected chi connectivity index (χ3v) is 2.60. The lowest BCUT2D eigenvalue weighted by molar-refractivity contribution is 0.128. The normalized spacial score (nSPS) is 25.7. The fourth-order valence-electron chi connectivity index (χ4n) is 1.19. The minimum absolute atomic E-state index is 0. The molecule has 0 aliphatic heterocycles. The third kappa shape index (κ3) is 1.59. The van der Waals surface area contributed by atoms with Crippen LogP contribution in [0.25, 0.3) is 0 Å². The average Bonchev–Trinajstić information content (AvgIpc) is 1.60. The van der Waals surface area contributed by atoms with E-state index in [2.05, 4.69) is 13.8 Å². The topological polar surface area (TPSA) is 26.0 Å². The first-order valence-electron chi connectivity index (χ1n) is 3.41. The Kier molecular flexibility index (Phi) is 2.97. The zero-order valence-corrected chi connectivity index (χ0v) is 7.00. The summed E-state index contributed by atoms with van der Waals surface area (Å²) in [5.41, 5.74) is 6.23. The van der Waals surface area contributed by atoms with Crippen molar-refractivity contribution in [2.45, 2.75) is 39.2 Å². The van der Waals surface area contributed by atoms with Crippen molar-refractivity contribution in [1.29, 1.82) is 0 Å². The molecule has 1 saturated carbocycles. The van der Waals surface area contributed by atoms with Gasteiger partial charge in [0, 0.05) is 6.04 Å². The maximum Gasteiger partial charge on any atom is 0.00643 e. The van der Waals surface area contributed by atoms with Crippen molar-refractivity contribution in [3.63, 3.8) is 0 Å². The van der Waals surface area contributed by atoms with Gasteiger partial charge in [-0.2, -0.15) is 0 Å². The number of hydrogen-bond donors (Lipinski definition) is 1. The smallest absolute Gasteiger partial charge is 0.00643 e. The van der Waals surface area contributed by atoms with E-state index in [4.69, 9.17) is 5.73 Å². The Morgan fingerprint density at radius 3 is 1.89 bits per heavy atom. The molecule has 1 rings (SSSR count). The lowest BCUT2D eigenvalue weighted by Crippen LogP contribution is -2.42. The summed E-state index contributed by atoms with van der Waals surface area (Å²) in [6.45, 7) is 4.39. The molecule has 0 unspecified atom stereocenters. The van der Waals surface area contributed by atoms with E-state index in [1.807, 2.05) is 0 Å². The molecule has 0 spiro atoms. The first-order chi connectivity index (χ1) is 3.65. The van der Waals surface area contributed by atoms with Gasteiger partial charge in [0.15, 0.2) is 0 Å². The largest absolute Gasteiger partial charge is 0.327 e. The van der Waals surface area contributed by atoms with Crippen LogP contribution in [0.3, 0.4) is 0 Å². The Labute approximate surface area is 63.4 Å². The molecule has 0 radical (unpaired) electrons. The Morgan fingerprint density at radius 1 is 1.44 bits per heavy atom. The molecular weight excluding hydrogens is 134 g/mol. The minimum Gasteiger partial charge on any atom is -0.327 e. The highest BCUT2D eigenvalue weighted by atomic mass is 35.5. The van der Waals surface area contributed by atoms with Gasteiger partial charge in [-0.25, -0.2) is 0 Å². The molecule has 0 bridgehead atoms. The summed E-state index contributed by atoms with van der Waals surface area (Å²) in [7, 11) is 0.